The number of amides is 1. The van der Waals surface area contributed by atoms with Gasteiger partial charge in [0.25, 0.3) is 11.6 Å². The van der Waals surface area contributed by atoms with Crippen LogP contribution in [0, 0.1) is 15.9 Å². The molecule has 0 spiro atoms. The molecule has 0 radical (unpaired) electrons. The van der Waals surface area contributed by atoms with E-state index >= 15 is 0 Å². The van der Waals surface area contributed by atoms with Crippen LogP contribution in [0.1, 0.15) is 37.0 Å². The van der Waals surface area contributed by atoms with Gasteiger partial charge in [0.2, 0.25) is 0 Å². The molecule has 110 valence electrons. The van der Waals surface area contributed by atoms with E-state index in [0.29, 0.717) is 19.2 Å². The maximum atomic E-state index is 13.3. The molecule has 0 aliphatic heterocycles. The van der Waals surface area contributed by atoms with Gasteiger partial charge in [-0.15, -0.1) is 0 Å². The van der Waals surface area contributed by atoms with E-state index in [1.165, 1.54) is 4.90 Å². The number of halogens is 1. The largest absolute Gasteiger partial charge is 0.396 e. The summed E-state index contributed by atoms with van der Waals surface area (Å²) in [5, 5.41) is 11.0. The number of carbonyl (C=O) groups excluding carboxylic acids is 1. The Bertz CT molecular complexity index is 514. The van der Waals surface area contributed by atoms with E-state index in [2.05, 4.69) is 0 Å². The van der Waals surface area contributed by atoms with Crippen LogP contribution < -0.4 is 5.73 Å². The normalized spacial score (nSPS) is 10.3. The molecule has 0 heterocycles. The summed E-state index contributed by atoms with van der Waals surface area (Å²) in [6.45, 7) is 4.79. The Morgan fingerprint density at radius 3 is 2.35 bits per heavy atom. The van der Waals surface area contributed by atoms with Gasteiger partial charge in [-0.3, -0.25) is 14.9 Å². The van der Waals surface area contributed by atoms with Crippen LogP contribution in [-0.2, 0) is 0 Å². The molecule has 0 bridgehead atoms. The summed E-state index contributed by atoms with van der Waals surface area (Å²) >= 11 is 0. The van der Waals surface area contributed by atoms with Crippen molar-refractivity contribution in [2.45, 2.75) is 26.7 Å². The first-order valence-corrected chi connectivity index (χ1v) is 6.45. The molecular formula is C13H18FN3O3. The molecule has 0 aromatic heterocycles. The van der Waals surface area contributed by atoms with Gasteiger partial charge in [-0.2, -0.15) is 0 Å². The molecule has 1 aromatic carbocycles. The first-order chi connectivity index (χ1) is 9.42. The van der Waals surface area contributed by atoms with Crippen molar-refractivity contribution in [1.82, 2.24) is 4.90 Å². The Balaban J connectivity index is 3.25. The number of nitrogen functional groups attached to an aromatic ring is 1. The fraction of sp³-hybridized carbons (Fsp3) is 0.462. The zero-order valence-corrected chi connectivity index (χ0v) is 11.6. The van der Waals surface area contributed by atoms with Gasteiger partial charge >= 0.3 is 0 Å². The van der Waals surface area contributed by atoms with Crippen molar-refractivity contribution in [2.24, 2.45) is 0 Å². The summed E-state index contributed by atoms with van der Waals surface area (Å²) in [6, 6.07) is 1.73. The number of rotatable bonds is 6. The third-order valence-corrected chi connectivity index (χ3v) is 2.82. The summed E-state index contributed by atoms with van der Waals surface area (Å²) in [5.41, 5.74) is 4.41. The van der Waals surface area contributed by atoms with E-state index in [-0.39, 0.29) is 11.3 Å². The molecule has 2 N–H and O–H groups in total. The highest BCUT2D eigenvalue weighted by Crippen LogP contribution is 2.25. The lowest BCUT2D eigenvalue weighted by Gasteiger charge is -2.21. The number of benzene rings is 1. The first-order valence-electron chi connectivity index (χ1n) is 6.45. The fourth-order valence-electron chi connectivity index (χ4n) is 1.93. The van der Waals surface area contributed by atoms with Crippen LogP contribution in [0.5, 0.6) is 0 Å². The minimum Gasteiger partial charge on any atom is -0.396 e. The average Bonchev–Trinajstić information content (AvgIpc) is 2.40. The van der Waals surface area contributed by atoms with Crippen molar-refractivity contribution in [3.8, 4) is 0 Å². The Labute approximate surface area is 116 Å². The van der Waals surface area contributed by atoms with Crippen molar-refractivity contribution in [1.29, 1.82) is 0 Å². The van der Waals surface area contributed by atoms with Crippen molar-refractivity contribution in [3.05, 3.63) is 33.6 Å². The number of hydrogen-bond acceptors (Lipinski definition) is 4. The van der Waals surface area contributed by atoms with Gasteiger partial charge in [-0.1, -0.05) is 13.8 Å². The van der Waals surface area contributed by atoms with Crippen molar-refractivity contribution in [2.75, 3.05) is 18.8 Å². The summed E-state index contributed by atoms with van der Waals surface area (Å²) in [4.78, 5) is 24.1. The SMILES string of the molecule is CCCN(CCC)C(=O)c1cc(N)c(F)cc1[N+](=O)[O-]. The average molecular weight is 283 g/mol. The van der Waals surface area contributed by atoms with Gasteiger partial charge in [0.15, 0.2) is 5.82 Å². The van der Waals surface area contributed by atoms with Gasteiger partial charge < -0.3 is 10.6 Å². The maximum absolute atomic E-state index is 13.3. The molecule has 0 saturated heterocycles. The number of hydrogen-bond donors (Lipinski definition) is 1. The molecule has 0 saturated carbocycles. The third-order valence-electron chi connectivity index (χ3n) is 2.82. The fourth-order valence-corrected chi connectivity index (χ4v) is 1.93. The number of anilines is 1. The Morgan fingerprint density at radius 2 is 1.90 bits per heavy atom. The van der Waals surface area contributed by atoms with E-state index in [0.717, 1.165) is 18.9 Å². The summed E-state index contributed by atoms with van der Waals surface area (Å²) < 4.78 is 13.3. The number of nitrogens with zero attached hydrogens (tertiary/aromatic N) is 2. The number of nitrogens with two attached hydrogens (primary N) is 1. The molecule has 20 heavy (non-hydrogen) atoms. The van der Waals surface area contributed by atoms with E-state index in [4.69, 9.17) is 5.73 Å². The lowest BCUT2D eigenvalue weighted by molar-refractivity contribution is -0.385. The van der Waals surface area contributed by atoms with Crippen LogP contribution in [0.25, 0.3) is 0 Å². The molecule has 0 atom stereocenters. The maximum Gasteiger partial charge on any atom is 0.285 e. The second-order valence-corrected chi connectivity index (χ2v) is 4.44. The zero-order chi connectivity index (χ0) is 15.3. The molecule has 0 unspecified atom stereocenters. The number of nitro benzene ring substituents is 1. The van der Waals surface area contributed by atoms with Crippen LogP contribution in [0.3, 0.4) is 0 Å². The van der Waals surface area contributed by atoms with Gasteiger partial charge in [0.1, 0.15) is 5.56 Å². The molecule has 1 aromatic rings. The quantitative estimate of drug-likeness (QED) is 0.493. The predicted octanol–water partition coefficient (Wildman–Crippen LogP) is 2.58. The monoisotopic (exact) mass is 283 g/mol. The summed E-state index contributed by atoms with van der Waals surface area (Å²) in [5.74, 6) is -1.39. The van der Waals surface area contributed by atoms with E-state index in [1.54, 1.807) is 0 Å². The Hall–Kier alpha value is -2.18. The second-order valence-electron chi connectivity index (χ2n) is 4.44. The minimum atomic E-state index is -0.897. The molecule has 0 fully saturated rings. The molecule has 7 heteroatoms. The van der Waals surface area contributed by atoms with Crippen LogP contribution in [-0.4, -0.2) is 28.8 Å². The van der Waals surface area contributed by atoms with Crippen molar-refractivity contribution < 1.29 is 14.1 Å². The van der Waals surface area contributed by atoms with E-state index in [1.807, 2.05) is 13.8 Å². The Morgan fingerprint density at radius 1 is 1.35 bits per heavy atom. The predicted molar refractivity (Wildman–Crippen MR) is 74.0 cm³/mol. The number of nitro groups is 1. The highest BCUT2D eigenvalue weighted by molar-refractivity contribution is 5.99. The lowest BCUT2D eigenvalue weighted by Crippen LogP contribution is -2.33. The molecule has 0 aliphatic carbocycles. The molecule has 0 aliphatic rings. The lowest BCUT2D eigenvalue weighted by atomic mass is 10.1. The number of carbonyl (C=O) groups is 1. The smallest absolute Gasteiger partial charge is 0.285 e. The highest BCUT2D eigenvalue weighted by atomic mass is 19.1. The van der Waals surface area contributed by atoms with Crippen LogP contribution in [0.4, 0.5) is 15.8 Å². The molecular weight excluding hydrogens is 265 g/mol. The molecule has 6 nitrogen and oxygen atoms in total. The standard InChI is InChI=1S/C13H18FN3O3/c1-3-5-16(6-4-2)13(18)9-7-11(15)10(14)8-12(9)17(19)20/h7-8H,3-6,15H2,1-2H3. The summed E-state index contributed by atoms with van der Waals surface area (Å²) in [6.07, 6.45) is 1.46. The van der Waals surface area contributed by atoms with E-state index in [9.17, 15) is 19.3 Å². The zero-order valence-electron chi connectivity index (χ0n) is 11.6. The third kappa shape index (κ3) is 3.43. The minimum absolute atomic E-state index is 0.171. The second kappa shape index (κ2) is 6.83. The topological polar surface area (TPSA) is 89.5 Å². The van der Waals surface area contributed by atoms with Gasteiger partial charge in [0.05, 0.1) is 16.7 Å². The Kier molecular flexibility index (Phi) is 5.42. The molecule has 1 rings (SSSR count). The van der Waals surface area contributed by atoms with Gasteiger partial charge in [-0.25, -0.2) is 4.39 Å². The van der Waals surface area contributed by atoms with Gasteiger partial charge in [-0.05, 0) is 18.9 Å². The van der Waals surface area contributed by atoms with Crippen molar-refractivity contribution in [3.63, 3.8) is 0 Å². The van der Waals surface area contributed by atoms with Crippen molar-refractivity contribution >= 4 is 17.3 Å². The van der Waals surface area contributed by atoms with E-state index < -0.39 is 22.3 Å². The first kappa shape index (κ1) is 15.9. The highest BCUT2D eigenvalue weighted by Gasteiger charge is 2.26. The van der Waals surface area contributed by atoms with Gasteiger partial charge in [0, 0.05) is 13.1 Å². The summed E-state index contributed by atoms with van der Waals surface area (Å²) in [7, 11) is 0. The van der Waals surface area contributed by atoms with Crippen LogP contribution in [0.15, 0.2) is 12.1 Å². The van der Waals surface area contributed by atoms with Crippen LogP contribution in [0.2, 0.25) is 0 Å². The molecule has 1 amide bonds. The van der Waals surface area contributed by atoms with Crippen LogP contribution >= 0.6 is 0 Å².